The van der Waals surface area contributed by atoms with Crippen molar-refractivity contribution in [2.75, 3.05) is 20.7 Å². The van der Waals surface area contributed by atoms with E-state index in [1.54, 1.807) is 7.11 Å². The third-order valence-corrected chi connectivity index (χ3v) is 4.60. The van der Waals surface area contributed by atoms with Crippen molar-refractivity contribution in [1.82, 2.24) is 10.6 Å². The molecule has 2 unspecified atom stereocenters. The van der Waals surface area contributed by atoms with E-state index in [9.17, 15) is 0 Å². The summed E-state index contributed by atoms with van der Waals surface area (Å²) >= 11 is 0. The Kier molecular flexibility index (Phi) is 5.69. The molecule has 0 aromatic heterocycles. The lowest BCUT2D eigenvalue weighted by Gasteiger charge is -2.24. The van der Waals surface area contributed by atoms with Crippen LogP contribution in [0.15, 0.2) is 29.3 Å². The predicted molar refractivity (Wildman–Crippen MR) is 97.3 cm³/mol. The van der Waals surface area contributed by atoms with Gasteiger partial charge in [-0.3, -0.25) is 4.99 Å². The normalized spacial score (nSPS) is 21.4. The predicted octanol–water partition coefficient (Wildman–Crippen LogP) is 3.26. The number of ether oxygens (including phenoxy) is 1. The highest BCUT2D eigenvalue weighted by Crippen LogP contribution is 2.41. The van der Waals surface area contributed by atoms with Crippen LogP contribution in [0.3, 0.4) is 0 Å². The number of benzene rings is 1. The van der Waals surface area contributed by atoms with E-state index in [0.29, 0.717) is 17.9 Å². The fraction of sp³-hybridized carbons (Fsp3) is 0.632. The molecule has 2 N–H and O–H groups in total. The Morgan fingerprint density at radius 3 is 2.48 bits per heavy atom. The van der Waals surface area contributed by atoms with Crippen molar-refractivity contribution in [1.29, 1.82) is 0 Å². The first-order chi connectivity index (χ1) is 10.9. The molecule has 0 bridgehead atoms. The Labute approximate surface area is 140 Å². The number of nitrogens with zero attached hydrogens (tertiary/aromatic N) is 1. The second-order valence-corrected chi connectivity index (χ2v) is 7.30. The highest BCUT2D eigenvalue weighted by molar-refractivity contribution is 5.80. The van der Waals surface area contributed by atoms with Crippen LogP contribution in [0.25, 0.3) is 0 Å². The summed E-state index contributed by atoms with van der Waals surface area (Å²) in [6.45, 7) is 9.30. The highest BCUT2D eigenvalue weighted by atomic mass is 16.5. The van der Waals surface area contributed by atoms with Gasteiger partial charge in [-0.2, -0.15) is 0 Å². The van der Waals surface area contributed by atoms with E-state index < -0.39 is 0 Å². The van der Waals surface area contributed by atoms with Gasteiger partial charge in [0.25, 0.3) is 0 Å². The maximum absolute atomic E-state index is 5.43. The molecule has 23 heavy (non-hydrogen) atoms. The number of rotatable bonds is 6. The van der Waals surface area contributed by atoms with Gasteiger partial charge >= 0.3 is 0 Å². The van der Waals surface area contributed by atoms with Crippen LogP contribution in [0.5, 0.6) is 0 Å². The molecule has 0 saturated heterocycles. The summed E-state index contributed by atoms with van der Waals surface area (Å²) in [5.74, 6) is 2.02. The number of hydrogen-bond donors (Lipinski definition) is 2. The molecule has 128 valence electrons. The molecule has 1 aromatic carbocycles. The number of guanidine groups is 1. The summed E-state index contributed by atoms with van der Waals surface area (Å²) in [6.07, 6.45) is 1.16. The Bertz CT molecular complexity index is 534. The topological polar surface area (TPSA) is 45.7 Å². The quantitative estimate of drug-likeness (QED) is 0.625. The molecule has 0 amide bonds. The lowest BCUT2D eigenvalue weighted by atomic mass is 10.0. The van der Waals surface area contributed by atoms with E-state index in [1.807, 2.05) is 7.05 Å². The smallest absolute Gasteiger partial charge is 0.191 e. The summed E-state index contributed by atoms with van der Waals surface area (Å²) in [5, 5.41) is 6.85. The maximum Gasteiger partial charge on any atom is 0.191 e. The van der Waals surface area contributed by atoms with E-state index in [1.165, 1.54) is 11.1 Å². The number of aliphatic imine (C=N–C) groups is 1. The molecule has 1 aliphatic rings. The molecule has 0 radical (unpaired) electrons. The SMILES string of the molecule is CN=C(NCC(C)(C)OC)NC1CC1c1ccc(C(C)C)cc1. The van der Waals surface area contributed by atoms with Crippen molar-refractivity contribution in [3.05, 3.63) is 35.4 Å². The minimum Gasteiger partial charge on any atom is -0.377 e. The molecule has 1 aromatic rings. The van der Waals surface area contributed by atoms with E-state index >= 15 is 0 Å². The van der Waals surface area contributed by atoms with Crippen LogP contribution in [0.1, 0.15) is 57.1 Å². The summed E-state index contributed by atoms with van der Waals surface area (Å²) in [5.41, 5.74) is 2.62. The van der Waals surface area contributed by atoms with Crippen LogP contribution in [-0.2, 0) is 4.74 Å². The monoisotopic (exact) mass is 317 g/mol. The van der Waals surface area contributed by atoms with Crippen molar-refractivity contribution in [3.8, 4) is 0 Å². The van der Waals surface area contributed by atoms with E-state index in [4.69, 9.17) is 4.74 Å². The molecule has 1 fully saturated rings. The fourth-order valence-electron chi connectivity index (χ4n) is 2.59. The van der Waals surface area contributed by atoms with Gasteiger partial charge in [0.15, 0.2) is 5.96 Å². The lowest BCUT2D eigenvalue weighted by molar-refractivity contribution is 0.0268. The average molecular weight is 317 g/mol. The largest absolute Gasteiger partial charge is 0.377 e. The standard InChI is InChI=1S/C19H31N3O/c1-13(2)14-7-9-15(10-8-14)16-11-17(16)22-18(20-5)21-12-19(3,4)23-6/h7-10,13,16-17H,11-12H2,1-6H3,(H2,20,21,22). The Hall–Kier alpha value is -1.55. The maximum atomic E-state index is 5.43. The summed E-state index contributed by atoms with van der Waals surface area (Å²) in [6, 6.07) is 9.52. The average Bonchev–Trinajstić information content (AvgIpc) is 3.30. The van der Waals surface area contributed by atoms with Crippen LogP contribution in [0, 0.1) is 0 Å². The van der Waals surface area contributed by atoms with Crippen molar-refractivity contribution < 1.29 is 4.74 Å². The van der Waals surface area contributed by atoms with E-state index in [2.05, 4.69) is 67.6 Å². The zero-order valence-corrected chi connectivity index (χ0v) is 15.3. The Balaban J connectivity index is 1.85. The summed E-state index contributed by atoms with van der Waals surface area (Å²) < 4.78 is 5.43. The Morgan fingerprint density at radius 2 is 1.96 bits per heavy atom. The number of hydrogen-bond acceptors (Lipinski definition) is 2. The van der Waals surface area contributed by atoms with Crippen LogP contribution in [0.2, 0.25) is 0 Å². The minimum absolute atomic E-state index is 0.201. The highest BCUT2D eigenvalue weighted by Gasteiger charge is 2.39. The molecule has 2 rings (SSSR count). The third-order valence-electron chi connectivity index (χ3n) is 4.60. The molecule has 0 aliphatic heterocycles. The molecule has 2 atom stereocenters. The molecule has 4 heteroatoms. The van der Waals surface area contributed by atoms with Gasteiger partial charge in [0.2, 0.25) is 0 Å². The van der Waals surface area contributed by atoms with Crippen LogP contribution >= 0.6 is 0 Å². The minimum atomic E-state index is -0.201. The molecular weight excluding hydrogens is 286 g/mol. The second-order valence-electron chi connectivity index (χ2n) is 7.30. The molecule has 0 heterocycles. The lowest BCUT2D eigenvalue weighted by Crippen LogP contribution is -2.46. The zero-order valence-electron chi connectivity index (χ0n) is 15.3. The van der Waals surface area contributed by atoms with Gasteiger partial charge < -0.3 is 15.4 Å². The van der Waals surface area contributed by atoms with Crippen LogP contribution in [-0.4, -0.2) is 38.3 Å². The summed E-state index contributed by atoms with van der Waals surface area (Å²) in [7, 11) is 3.54. The first-order valence-corrected chi connectivity index (χ1v) is 8.48. The van der Waals surface area contributed by atoms with Crippen LogP contribution in [0.4, 0.5) is 0 Å². The van der Waals surface area contributed by atoms with Gasteiger partial charge in [0.05, 0.1) is 5.60 Å². The molecule has 4 nitrogen and oxygen atoms in total. The molecule has 1 aliphatic carbocycles. The van der Waals surface area contributed by atoms with Crippen molar-refractivity contribution in [2.45, 2.75) is 57.6 Å². The molecule has 0 spiro atoms. The Morgan fingerprint density at radius 1 is 1.30 bits per heavy atom. The number of methoxy groups -OCH3 is 1. The van der Waals surface area contributed by atoms with Crippen molar-refractivity contribution >= 4 is 5.96 Å². The van der Waals surface area contributed by atoms with Gasteiger partial charge in [0.1, 0.15) is 0 Å². The first-order valence-electron chi connectivity index (χ1n) is 8.48. The van der Waals surface area contributed by atoms with Gasteiger partial charge in [-0.25, -0.2) is 0 Å². The fourth-order valence-corrected chi connectivity index (χ4v) is 2.59. The van der Waals surface area contributed by atoms with Crippen molar-refractivity contribution in [3.63, 3.8) is 0 Å². The molecule has 1 saturated carbocycles. The molecular formula is C19H31N3O. The van der Waals surface area contributed by atoms with E-state index in [-0.39, 0.29) is 5.60 Å². The number of nitrogens with one attached hydrogen (secondary N) is 2. The van der Waals surface area contributed by atoms with E-state index in [0.717, 1.165) is 18.9 Å². The second kappa shape index (κ2) is 7.35. The zero-order chi connectivity index (χ0) is 17.0. The summed E-state index contributed by atoms with van der Waals surface area (Å²) in [4.78, 5) is 4.31. The van der Waals surface area contributed by atoms with Gasteiger partial charge in [0, 0.05) is 32.7 Å². The van der Waals surface area contributed by atoms with Gasteiger partial charge in [-0.1, -0.05) is 38.1 Å². The van der Waals surface area contributed by atoms with Gasteiger partial charge in [-0.05, 0) is 37.3 Å². The van der Waals surface area contributed by atoms with Crippen LogP contribution < -0.4 is 10.6 Å². The first kappa shape index (κ1) is 17.8. The van der Waals surface area contributed by atoms with Gasteiger partial charge in [-0.15, -0.1) is 0 Å². The third kappa shape index (κ3) is 4.96. The van der Waals surface area contributed by atoms with Crippen molar-refractivity contribution in [2.24, 2.45) is 4.99 Å².